The molecule has 1 aliphatic rings. The van der Waals surface area contributed by atoms with Gasteiger partial charge >= 0.3 is 24.1 Å². The van der Waals surface area contributed by atoms with E-state index in [2.05, 4.69) is 5.32 Å². The van der Waals surface area contributed by atoms with Crippen molar-refractivity contribution in [3.63, 3.8) is 0 Å². The highest BCUT2D eigenvalue weighted by Crippen LogP contribution is 2.19. The number of ether oxygens (including phenoxy) is 3. The number of carbonyl (C=O) groups excluding carboxylic acids is 3. The standard InChI is InChI=1S/C21H20N2O8/c24-18(25)10-15-8-4-5-9-17(15)31-20(27)22-11-16-19(26)30-13-23(16)21(28)29-12-14-6-2-1-3-7-14/h1-9,16H,10-13H2,(H,22,27)(H,24,25)/t16-/m0/s1. The van der Waals surface area contributed by atoms with E-state index in [9.17, 15) is 19.2 Å². The van der Waals surface area contributed by atoms with Crippen LogP contribution in [0.1, 0.15) is 11.1 Å². The number of carboxylic acids is 1. The number of aliphatic carboxylic acids is 1. The lowest BCUT2D eigenvalue weighted by atomic mass is 10.1. The van der Waals surface area contributed by atoms with E-state index in [1.165, 1.54) is 12.1 Å². The summed E-state index contributed by atoms with van der Waals surface area (Å²) in [6.07, 6.45) is -1.99. The van der Waals surface area contributed by atoms with Crippen molar-refractivity contribution in [2.24, 2.45) is 0 Å². The van der Waals surface area contributed by atoms with Crippen LogP contribution in [-0.2, 0) is 32.1 Å². The molecule has 3 rings (SSSR count). The summed E-state index contributed by atoms with van der Waals surface area (Å²) >= 11 is 0. The summed E-state index contributed by atoms with van der Waals surface area (Å²) in [4.78, 5) is 48.4. The van der Waals surface area contributed by atoms with Crippen LogP contribution in [-0.4, -0.2) is 53.4 Å². The molecule has 0 spiro atoms. The molecular formula is C21H20N2O8. The van der Waals surface area contributed by atoms with Crippen molar-refractivity contribution in [2.45, 2.75) is 19.1 Å². The summed E-state index contributed by atoms with van der Waals surface area (Å²) in [5.74, 6) is -1.69. The summed E-state index contributed by atoms with van der Waals surface area (Å²) in [5, 5.41) is 11.3. The van der Waals surface area contributed by atoms with Crippen molar-refractivity contribution < 1.29 is 38.5 Å². The zero-order valence-electron chi connectivity index (χ0n) is 16.4. The van der Waals surface area contributed by atoms with Gasteiger partial charge in [0.1, 0.15) is 12.4 Å². The van der Waals surface area contributed by atoms with Crippen molar-refractivity contribution in [1.29, 1.82) is 0 Å². The molecule has 10 heteroatoms. The maximum Gasteiger partial charge on any atom is 0.413 e. The molecule has 31 heavy (non-hydrogen) atoms. The minimum absolute atomic E-state index is 0.0207. The van der Waals surface area contributed by atoms with Crippen LogP contribution in [0.3, 0.4) is 0 Å². The van der Waals surface area contributed by atoms with Gasteiger partial charge in [0.05, 0.1) is 13.0 Å². The third kappa shape index (κ3) is 5.95. The fraction of sp³-hybridized carbons (Fsp3) is 0.238. The van der Waals surface area contributed by atoms with Gasteiger partial charge in [-0.2, -0.15) is 0 Å². The Hall–Kier alpha value is -4.08. The zero-order chi connectivity index (χ0) is 22.2. The first-order valence-corrected chi connectivity index (χ1v) is 9.33. The first-order chi connectivity index (χ1) is 14.9. The topological polar surface area (TPSA) is 131 Å². The van der Waals surface area contributed by atoms with Crippen LogP contribution in [0.2, 0.25) is 0 Å². The number of cyclic esters (lactones) is 1. The van der Waals surface area contributed by atoms with Crippen LogP contribution in [0.4, 0.5) is 9.59 Å². The van der Waals surface area contributed by atoms with Crippen molar-refractivity contribution in [3.8, 4) is 5.75 Å². The maximum absolute atomic E-state index is 12.3. The Morgan fingerprint density at radius 3 is 2.55 bits per heavy atom. The second-order valence-electron chi connectivity index (χ2n) is 6.57. The number of carbonyl (C=O) groups is 4. The molecule has 0 bridgehead atoms. The van der Waals surface area contributed by atoms with Gasteiger partial charge in [0.25, 0.3) is 0 Å². The quantitative estimate of drug-likeness (QED) is 0.640. The van der Waals surface area contributed by atoms with Crippen LogP contribution >= 0.6 is 0 Å². The predicted octanol–water partition coefficient (Wildman–Crippen LogP) is 1.92. The molecule has 1 aliphatic heterocycles. The third-order valence-corrected chi connectivity index (χ3v) is 4.39. The number of hydrogen-bond donors (Lipinski definition) is 2. The highest BCUT2D eigenvalue weighted by Gasteiger charge is 2.39. The van der Waals surface area contributed by atoms with Gasteiger partial charge in [0.2, 0.25) is 0 Å². The second kappa shape index (κ2) is 10.1. The van der Waals surface area contributed by atoms with Crippen LogP contribution in [0, 0.1) is 0 Å². The molecular weight excluding hydrogens is 408 g/mol. The number of nitrogens with zero attached hydrogens (tertiary/aromatic N) is 1. The number of hydrogen-bond acceptors (Lipinski definition) is 7. The Morgan fingerprint density at radius 1 is 1.10 bits per heavy atom. The van der Waals surface area contributed by atoms with Crippen LogP contribution in [0.5, 0.6) is 5.75 Å². The fourth-order valence-corrected chi connectivity index (χ4v) is 2.85. The van der Waals surface area contributed by atoms with E-state index in [4.69, 9.17) is 19.3 Å². The second-order valence-corrected chi connectivity index (χ2v) is 6.57. The SMILES string of the molecule is O=C(O)Cc1ccccc1OC(=O)NC[C@H]1C(=O)OCN1C(=O)OCc1ccccc1. The summed E-state index contributed by atoms with van der Waals surface area (Å²) < 4.78 is 15.2. The van der Waals surface area contributed by atoms with Crippen LogP contribution < -0.4 is 10.1 Å². The lowest BCUT2D eigenvalue weighted by molar-refractivity contribution is -0.139. The van der Waals surface area contributed by atoms with Crippen molar-refractivity contribution in [2.75, 3.05) is 13.3 Å². The molecule has 0 radical (unpaired) electrons. The highest BCUT2D eigenvalue weighted by atomic mass is 16.6. The van der Waals surface area contributed by atoms with Gasteiger partial charge in [0, 0.05) is 5.56 Å². The third-order valence-electron chi connectivity index (χ3n) is 4.39. The number of nitrogens with one attached hydrogen (secondary N) is 1. The van der Waals surface area contributed by atoms with E-state index >= 15 is 0 Å². The summed E-state index contributed by atoms with van der Waals surface area (Å²) in [6.45, 7) is -0.540. The van der Waals surface area contributed by atoms with Gasteiger partial charge in [-0.25, -0.2) is 14.4 Å². The van der Waals surface area contributed by atoms with Gasteiger partial charge < -0.3 is 24.6 Å². The zero-order valence-corrected chi connectivity index (χ0v) is 16.4. The highest BCUT2D eigenvalue weighted by molar-refractivity contribution is 5.84. The van der Waals surface area contributed by atoms with E-state index in [0.29, 0.717) is 5.56 Å². The number of esters is 1. The van der Waals surface area contributed by atoms with E-state index in [0.717, 1.165) is 10.5 Å². The lowest BCUT2D eigenvalue weighted by Gasteiger charge is -2.20. The Bertz CT molecular complexity index is 963. The molecule has 2 N–H and O–H groups in total. The Balaban J connectivity index is 1.54. The van der Waals surface area contributed by atoms with Gasteiger partial charge in [0.15, 0.2) is 12.8 Å². The summed E-state index contributed by atoms with van der Waals surface area (Å²) in [7, 11) is 0. The predicted molar refractivity (Wildman–Crippen MR) is 105 cm³/mol. The molecule has 1 heterocycles. The Kier molecular flexibility index (Phi) is 7.05. The van der Waals surface area contributed by atoms with E-state index in [-0.39, 0.29) is 32.1 Å². The minimum atomic E-state index is -1.08. The number of amides is 2. The molecule has 2 aromatic rings. The van der Waals surface area contributed by atoms with Crippen LogP contribution in [0.15, 0.2) is 54.6 Å². The average Bonchev–Trinajstić information content (AvgIpc) is 3.13. The van der Waals surface area contributed by atoms with Crippen LogP contribution in [0.25, 0.3) is 0 Å². The van der Waals surface area contributed by atoms with Gasteiger partial charge in [-0.05, 0) is 11.6 Å². The smallest absolute Gasteiger partial charge is 0.413 e. The number of carboxylic acid groups (broad SMARTS) is 1. The number of rotatable bonds is 7. The van der Waals surface area contributed by atoms with Gasteiger partial charge in [-0.15, -0.1) is 0 Å². The number of benzene rings is 2. The van der Waals surface area contributed by atoms with Crippen molar-refractivity contribution >= 4 is 24.1 Å². The number of para-hydroxylation sites is 1. The molecule has 0 aromatic heterocycles. The Morgan fingerprint density at radius 2 is 1.81 bits per heavy atom. The minimum Gasteiger partial charge on any atom is -0.481 e. The molecule has 0 aliphatic carbocycles. The first-order valence-electron chi connectivity index (χ1n) is 9.33. The van der Waals surface area contributed by atoms with E-state index < -0.39 is 30.2 Å². The summed E-state index contributed by atoms with van der Waals surface area (Å²) in [6, 6.07) is 14.1. The normalized spacial score (nSPS) is 15.2. The average molecular weight is 428 g/mol. The first kappa shape index (κ1) is 21.6. The van der Waals surface area contributed by atoms with E-state index in [1.54, 1.807) is 36.4 Å². The molecule has 10 nitrogen and oxygen atoms in total. The molecule has 1 saturated heterocycles. The maximum atomic E-state index is 12.3. The molecule has 162 valence electrons. The Labute approximate surface area is 177 Å². The van der Waals surface area contributed by atoms with Gasteiger partial charge in [-0.1, -0.05) is 48.5 Å². The molecule has 2 amide bonds. The monoisotopic (exact) mass is 428 g/mol. The molecule has 0 unspecified atom stereocenters. The van der Waals surface area contributed by atoms with E-state index in [1.807, 2.05) is 6.07 Å². The van der Waals surface area contributed by atoms with Gasteiger partial charge in [-0.3, -0.25) is 9.69 Å². The largest absolute Gasteiger partial charge is 0.481 e. The van der Waals surface area contributed by atoms with Crippen molar-refractivity contribution in [1.82, 2.24) is 10.2 Å². The summed E-state index contributed by atoms with van der Waals surface area (Å²) in [5.41, 5.74) is 1.09. The molecule has 1 fully saturated rings. The molecule has 1 atom stereocenters. The van der Waals surface area contributed by atoms with Crippen molar-refractivity contribution in [3.05, 3.63) is 65.7 Å². The molecule has 0 saturated carbocycles. The fourth-order valence-electron chi connectivity index (χ4n) is 2.85. The lowest BCUT2D eigenvalue weighted by Crippen LogP contribution is -2.46. The molecule has 2 aromatic carbocycles.